The van der Waals surface area contributed by atoms with Crippen LogP contribution in [-0.4, -0.2) is 46.8 Å². The molecular weight excluding hydrogens is 575 g/mol. The third kappa shape index (κ3) is 9.10. The number of rotatable bonds is 6. The maximum atomic E-state index is 13.7. The second-order valence-corrected chi connectivity index (χ2v) is 11.1. The molecule has 232 valence electrons. The summed E-state index contributed by atoms with van der Waals surface area (Å²) >= 11 is 0. The number of alkyl carbamates (subject to hydrolysis) is 1. The van der Waals surface area contributed by atoms with Crippen LogP contribution in [0.4, 0.5) is 35.3 Å². The van der Waals surface area contributed by atoms with Gasteiger partial charge in [0.15, 0.2) is 0 Å². The Hall–Kier alpha value is -4.79. The van der Waals surface area contributed by atoms with Gasteiger partial charge < -0.3 is 25.0 Å². The maximum absolute atomic E-state index is 13.7. The molecule has 4 rings (SSSR count). The number of nitrogens with one attached hydrogen (secondary N) is 2. The van der Waals surface area contributed by atoms with Gasteiger partial charge in [0, 0.05) is 43.1 Å². The zero-order valence-electron chi connectivity index (χ0n) is 24.9. The predicted octanol–water partition coefficient (Wildman–Crippen LogP) is 6.45. The number of para-hydroxylation sites is 1. The van der Waals surface area contributed by atoms with Gasteiger partial charge in [-0.2, -0.15) is 13.2 Å². The summed E-state index contributed by atoms with van der Waals surface area (Å²) in [4.78, 5) is 33.9. The standard InChI is InChI=1S/C32H34F3N5O4/c1-5-28(41)43-27-9-7-6-8-21(27)10-15-26-25(32(33,34)35)20-36-29(39-26)37-22-11-13-24(14-12-22)40-18-16-23(17-19-40)38-30(42)44-31(2,3)4/h6-9,11-14,20,23H,5,16-19H2,1-4H3,(H,38,42)(H,36,37,39). The minimum absolute atomic E-state index is 0.0241. The number of ether oxygens (including phenoxy) is 2. The fraction of sp³-hybridized carbons (Fsp3) is 0.375. The number of amides is 1. The molecule has 0 aliphatic carbocycles. The van der Waals surface area contributed by atoms with Crippen LogP contribution in [0.3, 0.4) is 0 Å². The first kappa shape index (κ1) is 32.1. The minimum Gasteiger partial charge on any atom is -0.444 e. The number of hydrogen-bond donors (Lipinski definition) is 2. The molecule has 1 aromatic heterocycles. The highest BCUT2D eigenvalue weighted by Crippen LogP contribution is 2.32. The lowest BCUT2D eigenvalue weighted by Gasteiger charge is -2.34. The van der Waals surface area contributed by atoms with Crippen LogP contribution >= 0.6 is 0 Å². The average molecular weight is 610 g/mol. The van der Waals surface area contributed by atoms with Crippen LogP contribution in [0.25, 0.3) is 0 Å². The van der Waals surface area contributed by atoms with Crippen molar-refractivity contribution in [3.8, 4) is 17.6 Å². The molecular formula is C32H34F3N5O4. The number of aromatic nitrogens is 2. The molecule has 2 heterocycles. The van der Waals surface area contributed by atoms with Crippen LogP contribution in [0.5, 0.6) is 5.75 Å². The zero-order valence-corrected chi connectivity index (χ0v) is 24.9. The normalized spacial score (nSPS) is 13.8. The molecule has 1 saturated heterocycles. The summed E-state index contributed by atoms with van der Waals surface area (Å²) in [5.74, 6) is 4.73. The molecule has 3 aromatic rings. The van der Waals surface area contributed by atoms with Gasteiger partial charge in [0.05, 0.1) is 5.56 Å². The summed E-state index contributed by atoms with van der Waals surface area (Å²) in [6.07, 6.45) is -2.82. The summed E-state index contributed by atoms with van der Waals surface area (Å²) in [6.45, 7) is 8.56. The molecule has 1 fully saturated rings. The molecule has 0 atom stereocenters. The van der Waals surface area contributed by atoms with E-state index in [1.165, 1.54) is 6.07 Å². The number of carbonyl (C=O) groups is 2. The number of alkyl halides is 3. The van der Waals surface area contributed by atoms with Crippen LogP contribution in [0.1, 0.15) is 63.8 Å². The number of carbonyl (C=O) groups excluding carboxylic acids is 2. The summed E-state index contributed by atoms with van der Waals surface area (Å²) < 4.78 is 51.8. The van der Waals surface area contributed by atoms with Crippen LogP contribution in [0, 0.1) is 11.8 Å². The molecule has 2 N–H and O–H groups in total. The average Bonchev–Trinajstić information content (AvgIpc) is 2.96. The lowest BCUT2D eigenvalue weighted by molar-refractivity contribution is -0.138. The SMILES string of the molecule is CCC(=O)Oc1ccccc1C#Cc1nc(Nc2ccc(N3CCC(NC(=O)OC(C)(C)C)CC3)cc2)ncc1C(F)(F)F. The summed E-state index contributed by atoms with van der Waals surface area (Å²) in [7, 11) is 0. The van der Waals surface area contributed by atoms with E-state index in [9.17, 15) is 22.8 Å². The van der Waals surface area contributed by atoms with E-state index in [2.05, 4.69) is 37.3 Å². The molecule has 0 spiro atoms. The van der Waals surface area contributed by atoms with E-state index in [4.69, 9.17) is 9.47 Å². The number of anilines is 3. The Morgan fingerprint density at radius 1 is 1.02 bits per heavy atom. The molecule has 1 aliphatic rings. The van der Waals surface area contributed by atoms with E-state index in [1.54, 1.807) is 37.3 Å². The predicted molar refractivity (Wildman–Crippen MR) is 160 cm³/mol. The fourth-order valence-corrected chi connectivity index (χ4v) is 4.37. The highest BCUT2D eigenvalue weighted by Gasteiger charge is 2.35. The Morgan fingerprint density at radius 2 is 1.70 bits per heavy atom. The number of piperidine rings is 1. The van der Waals surface area contributed by atoms with Crippen molar-refractivity contribution in [2.24, 2.45) is 0 Å². The van der Waals surface area contributed by atoms with Gasteiger partial charge in [-0.3, -0.25) is 4.79 Å². The van der Waals surface area contributed by atoms with Gasteiger partial charge in [-0.1, -0.05) is 25.0 Å². The van der Waals surface area contributed by atoms with Crippen LogP contribution in [0.15, 0.2) is 54.7 Å². The topological polar surface area (TPSA) is 106 Å². The lowest BCUT2D eigenvalue weighted by atomic mass is 10.0. The Labute approximate surface area is 254 Å². The molecule has 44 heavy (non-hydrogen) atoms. The van der Waals surface area contributed by atoms with E-state index >= 15 is 0 Å². The molecule has 1 amide bonds. The van der Waals surface area contributed by atoms with E-state index in [0.717, 1.165) is 31.6 Å². The van der Waals surface area contributed by atoms with Crippen LogP contribution in [-0.2, 0) is 15.7 Å². The molecule has 0 bridgehead atoms. The van der Waals surface area contributed by atoms with Crippen molar-refractivity contribution in [3.63, 3.8) is 0 Å². The minimum atomic E-state index is -4.73. The number of esters is 1. The first-order valence-corrected chi connectivity index (χ1v) is 14.2. The van der Waals surface area contributed by atoms with E-state index in [1.807, 2.05) is 32.9 Å². The van der Waals surface area contributed by atoms with Gasteiger partial charge >= 0.3 is 18.2 Å². The van der Waals surface area contributed by atoms with Crippen LogP contribution < -0.4 is 20.3 Å². The van der Waals surface area contributed by atoms with Crippen molar-refractivity contribution in [1.29, 1.82) is 0 Å². The smallest absolute Gasteiger partial charge is 0.420 e. The Bertz CT molecular complexity index is 1530. The second-order valence-electron chi connectivity index (χ2n) is 11.1. The van der Waals surface area contributed by atoms with Crippen molar-refractivity contribution in [1.82, 2.24) is 15.3 Å². The third-order valence-electron chi connectivity index (χ3n) is 6.51. The van der Waals surface area contributed by atoms with Gasteiger partial charge in [-0.05, 0) is 75.9 Å². The highest BCUT2D eigenvalue weighted by molar-refractivity contribution is 5.73. The third-order valence-corrected chi connectivity index (χ3v) is 6.51. The van der Waals surface area contributed by atoms with Gasteiger partial charge in [0.25, 0.3) is 0 Å². The Morgan fingerprint density at radius 3 is 2.34 bits per heavy atom. The largest absolute Gasteiger partial charge is 0.444 e. The quantitative estimate of drug-likeness (QED) is 0.187. The molecule has 0 unspecified atom stereocenters. The Balaban J connectivity index is 1.44. The summed E-state index contributed by atoms with van der Waals surface area (Å²) in [6, 6.07) is 13.7. The summed E-state index contributed by atoms with van der Waals surface area (Å²) in [5, 5.41) is 5.86. The van der Waals surface area contributed by atoms with Gasteiger partial charge in [-0.15, -0.1) is 0 Å². The monoisotopic (exact) mass is 609 g/mol. The van der Waals surface area contributed by atoms with Crippen molar-refractivity contribution in [2.45, 2.75) is 64.8 Å². The van der Waals surface area contributed by atoms with Crippen LogP contribution in [0.2, 0.25) is 0 Å². The zero-order chi connectivity index (χ0) is 31.9. The fourth-order valence-electron chi connectivity index (χ4n) is 4.37. The first-order valence-electron chi connectivity index (χ1n) is 14.2. The summed E-state index contributed by atoms with van der Waals surface area (Å²) in [5.41, 5.74) is -0.376. The highest BCUT2D eigenvalue weighted by atomic mass is 19.4. The Kier molecular flexibility index (Phi) is 9.98. The van der Waals surface area contributed by atoms with Crippen molar-refractivity contribution in [3.05, 3.63) is 71.5 Å². The number of nitrogens with zero attached hydrogens (tertiary/aromatic N) is 3. The molecule has 9 nitrogen and oxygen atoms in total. The molecule has 0 radical (unpaired) electrons. The molecule has 12 heteroatoms. The van der Waals surface area contributed by atoms with Crippen molar-refractivity contribution < 1.29 is 32.2 Å². The molecule has 1 aliphatic heterocycles. The van der Waals surface area contributed by atoms with Gasteiger partial charge in [0.1, 0.15) is 22.6 Å². The van der Waals surface area contributed by atoms with E-state index in [0.29, 0.717) is 11.9 Å². The lowest BCUT2D eigenvalue weighted by Crippen LogP contribution is -2.46. The number of hydrogen-bond acceptors (Lipinski definition) is 8. The maximum Gasteiger partial charge on any atom is 0.420 e. The first-order chi connectivity index (χ1) is 20.8. The van der Waals surface area contributed by atoms with Gasteiger partial charge in [0.2, 0.25) is 5.95 Å². The molecule has 0 saturated carbocycles. The van der Waals surface area contributed by atoms with E-state index < -0.39 is 35.1 Å². The van der Waals surface area contributed by atoms with Crippen molar-refractivity contribution >= 4 is 29.4 Å². The van der Waals surface area contributed by atoms with E-state index in [-0.39, 0.29) is 29.7 Å². The number of halogens is 3. The number of benzene rings is 2. The van der Waals surface area contributed by atoms with Gasteiger partial charge in [-0.25, -0.2) is 14.8 Å². The molecule has 2 aromatic carbocycles. The van der Waals surface area contributed by atoms with Crippen molar-refractivity contribution in [2.75, 3.05) is 23.3 Å². The second kappa shape index (κ2) is 13.7.